The highest BCUT2D eigenvalue weighted by atomic mass is 19.1. The quantitative estimate of drug-likeness (QED) is 0.861. The van der Waals surface area contributed by atoms with E-state index in [1.165, 1.54) is 12.1 Å². The van der Waals surface area contributed by atoms with Crippen LogP contribution in [0.2, 0.25) is 0 Å². The van der Waals surface area contributed by atoms with E-state index in [0.717, 1.165) is 17.8 Å². The summed E-state index contributed by atoms with van der Waals surface area (Å²) >= 11 is 0. The molecule has 3 rings (SSSR count). The number of carbonyl (C=O) groups is 1. The molecule has 7 heteroatoms. The molecule has 140 valence electrons. The zero-order valence-electron chi connectivity index (χ0n) is 15.7. The third-order valence-corrected chi connectivity index (χ3v) is 5.12. The second kappa shape index (κ2) is 7.15. The van der Waals surface area contributed by atoms with Crippen LogP contribution in [-0.4, -0.2) is 38.9 Å². The van der Waals surface area contributed by atoms with Crippen LogP contribution in [0.4, 0.5) is 4.39 Å². The largest absolute Gasteiger partial charge is 0.334 e. The maximum atomic E-state index is 13.1. The highest BCUT2D eigenvalue weighted by Gasteiger charge is 2.37. The first-order chi connectivity index (χ1) is 12.3. The number of nitrogens with one attached hydrogen (secondary N) is 1. The Labute approximate surface area is 153 Å². The van der Waals surface area contributed by atoms with E-state index in [-0.39, 0.29) is 29.3 Å². The summed E-state index contributed by atoms with van der Waals surface area (Å²) in [4.78, 5) is 14.7. The van der Waals surface area contributed by atoms with Gasteiger partial charge in [-0.3, -0.25) is 4.79 Å². The molecule has 0 spiro atoms. The molecule has 2 heterocycles. The summed E-state index contributed by atoms with van der Waals surface area (Å²) in [5.41, 5.74) is 1.44. The third-order valence-electron chi connectivity index (χ3n) is 5.12. The molecule has 2 unspecified atom stereocenters. The molecule has 1 amide bonds. The Morgan fingerprint density at radius 2 is 2.04 bits per heavy atom. The summed E-state index contributed by atoms with van der Waals surface area (Å²) in [5.74, 6) is -0.246. The molecule has 0 aliphatic carbocycles. The first kappa shape index (κ1) is 18.5. The van der Waals surface area contributed by atoms with E-state index in [0.29, 0.717) is 13.0 Å². The van der Waals surface area contributed by atoms with Crippen molar-refractivity contribution in [1.29, 1.82) is 0 Å². The van der Waals surface area contributed by atoms with Gasteiger partial charge in [0.15, 0.2) is 0 Å². The molecule has 0 radical (unpaired) electrons. The van der Waals surface area contributed by atoms with E-state index in [2.05, 4.69) is 15.6 Å². The second-order valence-electron chi connectivity index (χ2n) is 7.30. The molecule has 1 N–H and O–H groups in total. The van der Waals surface area contributed by atoms with Gasteiger partial charge in [0.1, 0.15) is 17.6 Å². The van der Waals surface area contributed by atoms with Crippen LogP contribution in [0.15, 0.2) is 30.5 Å². The van der Waals surface area contributed by atoms with Crippen molar-refractivity contribution in [2.75, 3.05) is 13.1 Å². The van der Waals surface area contributed by atoms with Crippen molar-refractivity contribution in [3.8, 4) is 0 Å². The summed E-state index contributed by atoms with van der Waals surface area (Å²) in [5, 5.41) is 11.8. The van der Waals surface area contributed by atoms with Gasteiger partial charge in [0.05, 0.1) is 17.8 Å². The summed E-state index contributed by atoms with van der Waals surface area (Å²) < 4.78 is 14.8. The van der Waals surface area contributed by atoms with Gasteiger partial charge in [0, 0.05) is 6.54 Å². The van der Waals surface area contributed by atoms with Crippen LogP contribution in [0.1, 0.15) is 57.5 Å². The average Bonchev–Trinajstić information content (AvgIpc) is 3.22. The molecule has 1 saturated heterocycles. The van der Waals surface area contributed by atoms with Gasteiger partial charge in [-0.15, -0.1) is 5.10 Å². The Kier molecular flexibility index (Phi) is 5.09. The molecule has 0 bridgehead atoms. The molecular weight excluding hydrogens is 333 g/mol. The number of aromatic nitrogens is 3. The van der Waals surface area contributed by atoms with Crippen LogP contribution >= 0.6 is 0 Å². The monoisotopic (exact) mass is 359 g/mol. The Balaban J connectivity index is 1.75. The van der Waals surface area contributed by atoms with E-state index >= 15 is 0 Å². The Morgan fingerprint density at radius 3 is 2.69 bits per heavy atom. The number of carbonyl (C=O) groups excluding carboxylic acids is 1. The number of benzene rings is 1. The van der Waals surface area contributed by atoms with E-state index in [9.17, 15) is 9.18 Å². The lowest BCUT2D eigenvalue weighted by molar-refractivity contribution is -0.132. The lowest BCUT2D eigenvalue weighted by Crippen LogP contribution is -2.36. The number of amides is 1. The normalized spacial score (nSPS) is 19.2. The molecule has 1 aromatic carbocycles. The van der Waals surface area contributed by atoms with Gasteiger partial charge in [-0.2, -0.15) is 0 Å². The van der Waals surface area contributed by atoms with Gasteiger partial charge >= 0.3 is 0 Å². The van der Waals surface area contributed by atoms with Crippen molar-refractivity contribution in [3.05, 3.63) is 47.5 Å². The molecular formula is C19H26FN5O. The third kappa shape index (κ3) is 3.49. The van der Waals surface area contributed by atoms with Gasteiger partial charge < -0.3 is 10.2 Å². The van der Waals surface area contributed by atoms with Crippen molar-refractivity contribution < 1.29 is 9.18 Å². The molecule has 6 nitrogen and oxygen atoms in total. The molecule has 26 heavy (non-hydrogen) atoms. The van der Waals surface area contributed by atoms with Gasteiger partial charge in [-0.1, -0.05) is 24.3 Å². The fourth-order valence-electron chi connectivity index (χ4n) is 3.49. The van der Waals surface area contributed by atoms with E-state index in [1.54, 1.807) is 16.8 Å². The first-order valence-electron chi connectivity index (χ1n) is 9.06. The van der Waals surface area contributed by atoms with Crippen molar-refractivity contribution in [1.82, 2.24) is 25.2 Å². The van der Waals surface area contributed by atoms with Crippen LogP contribution in [0, 0.1) is 5.82 Å². The standard InChI is InChI=1S/C19H26FN5O/c1-5-21-19(3,4)17-12-25(23-22-17)16-10-11-24(18(16)26)13(2)14-6-8-15(20)9-7-14/h6-9,12-13,16,21H,5,10-11H2,1-4H3. The Bertz CT molecular complexity index is 770. The Hall–Kier alpha value is -2.28. The number of nitrogens with zero attached hydrogens (tertiary/aromatic N) is 4. The van der Waals surface area contributed by atoms with Crippen LogP contribution in [0.5, 0.6) is 0 Å². The summed E-state index contributed by atoms with van der Waals surface area (Å²) in [6.45, 7) is 9.57. The number of hydrogen-bond donors (Lipinski definition) is 1. The predicted octanol–water partition coefficient (Wildman–Crippen LogP) is 2.80. The average molecular weight is 359 g/mol. The maximum Gasteiger partial charge on any atom is 0.248 e. The minimum Gasteiger partial charge on any atom is -0.334 e. The molecule has 1 aromatic heterocycles. The molecule has 1 fully saturated rings. The van der Waals surface area contributed by atoms with Crippen LogP contribution < -0.4 is 5.32 Å². The number of hydrogen-bond acceptors (Lipinski definition) is 4. The smallest absolute Gasteiger partial charge is 0.248 e. The molecule has 1 aliphatic rings. The zero-order valence-corrected chi connectivity index (χ0v) is 15.7. The van der Waals surface area contributed by atoms with E-state index in [4.69, 9.17) is 0 Å². The molecule has 2 atom stereocenters. The van der Waals surface area contributed by atoms with Gasteiger partial charge in [0.2, 0.25) is 5.91 Å². The summed E-state index contributed by atoms with van der Waals surface area (Å²) in [6, 6.07) is 5.87. The molecule has 2 aromatic rings. The van der Waals surface area contributed by atoms with Gasteiger partial charge in [-0.05, 0) is 51.4 Å². The lowest BCUT2D eigenvalue weighted by Gasteiger charge is -2.25. The van der Waals surface area contributed by atoms with Crippen molar-refractivity contribution in [2.45, 2.75) is 51.7 Å². The number of rotatable bonds is 6. The van der Waals surface area contributed by atoms with Gasteiger partial charge in [0.25, 0.3) is 0 Å². The lowest BCUT2D eigenvalue weighted by atomic mass is 10.0. The molecule has 0 saturated carbocycles. The zero-order chi connectivity index (χ0) is 18.9. The minimum absolute atomic E-state index is 0.0273. The summed E-state index contributed by atoms with van der Waals surface area (Å²) in [7, 11) is 0. The second-order valence-corrected chi connectivity index (χ2v) is 7.30. The molecule has 1 aliphatic heterocycles. The van der Waals surface area contributed by atoms with E-state index in [1.807, 2.05) is 38.8 Å². The number of halogens is 1. The van der Waals surface area contributed by atoms with E-state index < -0.39 is 0 Å². The number of likely N-dealkylation sites (tertiary alicyclic amines) is 1. The van der Waals surface area contributed by atoms with Crippen molar-refractivity contribution in [2.24, 2.45) is 0 Å². The topological polar surface area (TPSA) is 63.1 Å². The first-order valence-corrected chi connectivity index (χ1v) is 9.06. The minimum atomic E-state index is -0.337. The predicted molar refractivity (Wildman–Crippen MR) is 96.9 cm³/mol. The van der Waals surface area contributed by atoms with Crippen molar-refractivity contribution in [3.63, 3.8) is 0 Å². The van der Waals surface area contributed by atoms with Crippen LogP contribution in [0.3, 0.4) is 0 Å². The SMILES string of the molecule is CCNC(C)(C)c1cn(C2CCN(C(C)c3ccc(F)cc3)C2=O)nn1. The fourth-order valence-corrected chi connectivity index (χ4v) is 3.49. The summed E-state index contributed by atoms with van der Waals surface area (Å²) in [6.07, 6.45) is 2.55. The van der Waals surface area contributed by atoms with Gasteiger partial charge in [-0.25, -0.2) is 9.07 Å². The fraction of sp³-hybridized carbons (Fsp3) is 0.526. The highest BCUT2D eigenvalue weighted by Crippen LogP contribution is 2.31. The Morgan fingerprint density at radius 1 is 1.35 bits per heavy atom. The van der Waals surface area contributed by atoms with Crippen molar-refractivity contribution >= 4 is 5.91 Å². The highest BCUT2D eigenvalue weighted by molar-refractivity contribution is 5.82. The maximum absolute atomic E-state index is 13.1. The van der Waals surface area contributed by atoms with Crippen LogP contribution in [-0.2, 0) is 10.3 Å². The van der Waals surface area contributed by atoms with Crippen LogP contribution in [0.25, 0.3) is 0 Å².